The fourth-order valence-electron chi connectivity index (χ4n) is 6.29. The fourth-order valence-corrected chi connectivity index (χ4v) is 36.3. The molecular formula is C44H42O2S24. The number of hydrogen-bond donors (Lipinski definition) is 0. The number of rotatable bonds is 19. The maximum atomic E-state index is 7.42. The predicted octanol–water partition coefficient (Wildman–Crippen LogP) is 23.9. The zero-order valence-corrected chi connectivity index (χ0v) is 58.7. The van der Waals surface area contributed by atoms with Gasteiger partial charge >= 0.3 is 0 Å². The summed E-state index contributed by atoms with van der Waals surface area (Å²) in [6, 6.07) is 8.85. The van der Waals surface area contributed by atoms with Gasteiger partial charge in [0.2, 0.25) is 0 Å². The van der Waals surface area contributed by atoms with E-state index in [2.05, 4.69) is 111 Å². The second-order valence-electron chi connectivity index (χ2n) is 13.1. The lowest BCUT2D eigenvalue weighted by atomic mass is 10.0. The molecule has 0 atom stereocenters. The van der Waals surface area contributed by atoms with Crippen LogP contribution in [0.15, 0.2) is 122 Å². The molecule has 0 spiro atoms. The summed E-state index contributed by atoms with van der Waals surface area (Å²) in [7, 11) is 0. The Morgan fingerprint density at radius 1 is 0.286 bits per heavy atom. The molecule has 8 rings (SSSR count). The summed E-state index contributed by atoms with van der Waals surface area (Å²) in [5, 5.41) is 0. The second kappa shape index (κ2) is 29.0. The topological polar surface area (TPSA) is 26.3 Å². The maximum absolute atomic E-state index is 7.42. The highest BCUT2D eigenvalue weighted by Gasteiger charge is 2.36. The standard InChI is InChI=1S/C44H42O2S24/c1-47-33-34(48-2)60-25(59-33)17-19(29-63-37(51-5)38(52-6)64-29)21-13-15-23(45-21)27(31-67-41(55-9)42(56-10)68-31)28(32-69-43(57-11)44(58-12)70-32)24-16-14-22(46-24)20(30-65-39(53-7)40(54-8)66-30)18-26-61-35(49-3)36(50-4)62-26/h13-18H,1-12H3. The van der Waals surface area contributed by atoms with Crippen LogP contribution in [0.2, 0.25) is 0 Å². The van der Waals surface area contributed by atoms with Gasteiger partial charge in [0.1, 0.15) is 23.0 Å². The van der Waals surface area contributed by atoms with E-state index < -0.39 is 0 Å². The highest BCUT2D eigenvalue weighted by molar-refractivity contribution is 8.44. The van der Waals surface area contributed by atoms with Crippen molar-refractivity contribution < 1.29 is 8.83 Å². The molecule has 6 aliphatic rings. The number of thioether (sulfide) groups is 24. The lowest BCUT2D eigenvalue weighted by molar-refractivity contribution is 0.534. The van der Waals surface area contributed by atoms with Crippen LogP contribution >= 0.6 is 282 Å². The monoisotopic (exact) mass is 1370 g/mol. The second-order valence-corrected chi connectivity index (χ2v) is 39.9. The van der Waals surface area contributed by atoms with E-state index in [4.69, 9.17) is 8.83 Å². The minimum Gasteiger partial charge on any atom is -0.456 e. The van der Waals surface area contributed by atoms with Crippen molar-refractivity contribution >= 4 is 305 Å². The van der Waals surface area contributed by atoms with Gasteiger partial charge in [-0.05, 0) is 111 Å². The van der Waals surface area contributed by atoms with Crippen LogP contribution in [-0.2, 0) is 0 Å². The zero-order chi connectivity index (χ0) is 49.6. The largest absolute Gasteiger partial charge is 0.456 e. The third-order valence-electron chi connectivity index (χ3n) is 9.34. The number of hydrogen-bond acceptors (Lipinski definition) is 26. The molecule has 0 N–H and O–H groups in total. The van der Waals surface area contributed by atoms with E-state index >= 15 is 0 Å². The predicted molar refractivity (Wildman–Crippen MR) is 377 cm³/mol. The van der Waals surface area contributed by atoms with Crippen molar-refractivity contribution in [3.63, 3.8) is 0 Å². The average Bonchev–Trinajstić information content (AvgIpc) is 4.25. The van der Waals surface area contributed by atoms with E-state index in [0.717, 1.165) is 45.3 Å². The van der Waals surface area contributed by atoms with Crippen molar-refractivity contribution in [1.82, 2.24) is 0 Å². The lowest BCUT2D eigenvalue weighted by Crippen LogP contribution is -1.93. The molecule has 374 valence electrons. The van der Waals surface area contributed by atoms with Gasteiger partial charge in [0, 0.05) is 11.1 Å². The van der Waals surface area contributed by atoms with Gasteiger partial charge in [-0.25, -0.2) is 0 Å². The summed E-state index contributed by atoms with van der Waals surface area (Å²) in [4.78, 5) is 0. The van der Waals surface area contributed by atoms with Gasteiger partial charge in [0.25, 0.3) is 0 Å². The minimum absolute atomic E-state index is 0.838. The van der Waals surface area contributed by atoms with Crippen LogP contribution in [-0.4, -0.2) is 75.1 Å². The molecule has 0 aromatic carbocycles. The molecule has 70 heavy (non-hydrogen) atoms. The maximum Gasteiger partial charge on any atom is 0.137 e. The van der Waals surface area contributed by atoms with Crippen molar-refractivity contribution in [3.8, 4) is 0 Å². The Balaban J connectivity index is 1.31. The molecule has 0 saturated carbocycles. The fraction of sp³-hybridized carbons (Fsp3) is 0.273. The van der Waals surface area contributed by atoms with Crippen molar-refractivity contribution in [3.05, 3.63) is 136 Å². The molecule has 2 aromatic heterocycles. The smallest absolute Gasteiger partial charge is 0.137 e. The van der Waals surface area contributed by atoms with E-state index in [9.17, 15) is 0 Å². The first kappa shape index (κ1) is 59.9. The quantitative estimate of drug-likeness (QED) is 0.133. The molecule has 0 unspecified atom stereocenters. The highest BCUT2D eigenvalue weighted by Crippen LogP contribution is 2.67. The minimum atomic E-state index is 0.838. The molecule has 0 fully saturated rings. The van der Waals surface area contributed by atoms with Crippen molar-refractivity contribution in [2.45, 2.75) is 0 Å². The van der Waals surface area contributed by atoms with E-state index in [1.807, 2.05) is 282 Å². The Morgan fingerprint density at radius 3 is 0.714 bits per heavy atom. The van der Waals surface area contributed by atoms with Gasteiger partial charge in [-0.15, -0.1) is 141 Å². The first-order valence-electron chi connectivity index (χ1n) is 19.8. The molecule has 0 aliphatic carbocycles. The van der Waals surface area contributed by atoms with Gasteiger partial charge in [-0.3, -0.25) is 0 Å². The molecule has 0 radical (unpaired) electrons. The molecule has 6 aliphatic heterocycles. The molecule has 2 nitrogen and oxygen atoms in total. The summed E-state index contributed by atoms with van der Waals surface area (Å²) in [6.07, 6.45) is 31.0. The molecule has 0 bridgehead atoms. The molecule has 8 heterocycles. The van der Waals surface area contributed by atoms with Crippen LogP contribution in [0, 0.1) is 0 Å². The van der Waals surface area contributed by atoms with Crippen LogP contribution in [0.4, 0.5) is 0 Å². The van der Waals surface area contributed by atoms with Crippen LogP contribution in [0.25, 0.3) is 22.3 Å². The van der Waals surface area contributed by atoms with E-state index in [1.165, 1.54) is 76.3 Å². The van der Waals surface area contributed by atoms with Gasteiger partial charge < -0.3 is 8.83 Å². The van der Waals surface area contributed by atoms with E-state index in [1.54, 1.807) is 0 Å². The Kier molecular flexibility index (Phi) is 24.8. The van der Waals surface area contributed by atoms with Gasteiger partial charge in [0.15, 0.2) is 0 Å². The summed E-state index contributed by atoms with van der Waals surface area (Å²) >= 11 is 44.4. The molecule has 0 saturated heterocycles. The number of allylic oxidation sites excluding steroid dienone is 6. The molecule has 0 amide bonds. The Morgan fingerprint density at radius 2 is 0.486 bits per heavy atom. The highest BCUT2D eigenvalue weighted by atomic mass is 32.3. The van der Waals surface area contributed by atoms with E-state index in [0.29, 0.717) is 0 Å². The van der Waals surface area contributed by atoms with Gasteiger partial charge in [0.05, 0.1) is 87.4 Å². The Labute approximate surface area is 516 Å². The third kappa shape index (κ3) is 13.8. The Hall–Kier alpha value is 3.84. The van der Waals surface area contributed by atoms with Crippen molar-refractivity contribution in [2.75, 3.05) is 75.1 Å². The van der Waals surface area contributed by atoms with Crippen LogP contribution in [0.1, 0.15) is 23.0 Å². The molecular weight excluding hydrogens is 1330 g/mol. The van der Waals surface area contributed by atoms with Crippen molar-refractivity contribution in [2.24, 2.45) is 0 Å². The van der Waals surface area contributed by atoms with E-state index in [-0.39, 0.29) is 0 Å². The summed E-state index contributed by atoms with van der Waals surface area (Å²) in [5.74, 6) is 3.41. The Bertz CT molecular complexity index is 2510. The van der Waals surface area contributed by atoms with Crippen LogP contribution < -0.4 is 0 Å². The van der Waals surface area contributed by atoms with Crippen LogP contribution in [0.3, 0.4) is 0 Å². The molecule has 2 aromatic rings. The molecule has 26 heteroatoms. The summed E-state index contributed by atoms with van der Waals surface area (Å²) < 4.78 is 38.3. The zero-order valence-electron chi connectivity index (χ0n) is 39.1. The third-order valence-corrected chi connectivity index (χ3v) is 40.5. The van der Waals surface area contributed by atoms with Crippen molar-refractivity contribution in [1.29, 1.82) is 0 Å². The normalized spacial score (nSPS) is 18.9. The number of furan rings is 2. The first-order valence-corrected chi connectivity index (χ1v) is 44.3. The lowest BCUT2D eigenvalue weighted by Gasteiger charge is -2.15. The van der Waals surface area contributed by atoms with Gasteiger partial charge in [-0.2, -0.15) is 0 Å². The summed E-state index contributed by atoms with van der Waals surface area (Å²) in [5.41, 5.74) is 4.39. The first-order chi connectivity index (χ1) is 34.1. The summed E-state index contributed by atoms with van der Waals surface area (Å²) in [6.45, 7) is 0. The SMILES string of the molecule is CSC1=C(SC)SC(=CC(=C2SC(SC)=C(SC)S2)c2ccc(C(=C3SC(SC)=C(SC)S3)C(=C3SC(SC)=C(SC)S3)c3ccc(C(C=C4SC(SC)=C(SC)S4)=C4SC(SC)=C(SC)S4)o3)o2)S1. The van der Waals surface area contributed by atoms with Crippen LogP contribution in [0.5, 0.6) is 0 Å². The average molecular weight is 1370 g/mol. The van der Waals surface area contributed by atoms with Gasteiger partial charge in [-0.1, -0.05) is 141 Å².